The zero-order valence-corrected chi connectivity index (χ0v) is 18.3. The molecule has 0 aromatic heterocycles. The van der Waals surface area contributed by atoms with E-state index in [2.05, 4.69) is 5.32 Å². The largest absolute Gasteiger partial charge is 0.485 e. The first-order valence-electron chi connectivity index (χ1n) is 10.5. The maximum Gasteiger partial charge on any atom is 0.269 e. The topological polar surface area (TPSA) is 84.9 Å². The van der Waals surface area contributed by atoms with Gasteiger partial charge in [0.25, 0.3) is 15.9 Å². The lowest BCUT2D eigenvalue weighted by Gasteiger charge is -2.31. The summed E-state index contributed by atoms with van der Waals surface area (Å²) in [5, 5.41) is 2.80. The molecule has 0 fully saturated rings. The molecule has 2 aliphatic heterocycles. The van der Waals surface area contributed by atoms with Crippen molar-refractivity contribution in [3.8, 4) is 11.5 Å². The number of anilines is 2. The standard InChI is InChI=1S/C24H21FN2O5S/c25-17-8-11-19(12-9-17)33(29,30)27-13-3-4-16-7-10-18(14-20(16)27)26-24(28)23-15-31-21-5-1-2-6-22(21)32-23/h1-2,5-12,14,23H,3-4,13,15H2,(H,26,28)/t23-/m1/s1. The minimum Gasteiger partial charge on any atom is -0.485 e. The first kappa shape index (κ1) is 21.3. The molecule has 0 spiro atoms. The number of fused-ring (bicyclic) bond motifs is 2. The quantitative estimate of drug-likeness (QED) is 0.631. The lowest BCUT2D eigenvalue weighted by molar-refractivity contribution is -0.125. The average Bonchev–Trinajstić information content (AvgIpc) is 2.83. The number of hydrogen-bond acceptors (Lipinski definition) is 5. The van der Waals surface area contributed by atoms with Gasteiger partial charge in [0.15, 0.2) is 11.5 Å². The summed E-state index contributed by atoms with van der Waals surface area (Å²) < 4.78 is 52.4. The molecule has 33 heavy (non-hydrogen) atoms. The fraction of sp³-hybridized carbons (Fsp3) is 0.208. The van der Waals surface area contributed by atoms with E-state index in [1.165, 1.54) is 16.4 Å². The molecule has 0 radical (unpaired) electrons. The van der Waals surface area contributed by atoms with E-state index < -0.39 is 27.9 Å². The van der Waals surface area contributed by atoms with Gasteiger partial charge in [-0.3, -0.25) is 9.10 Å². The van der Waals surface area contributed by atoms with Crippen LogP contribution in [0.1, 0.15) is 12.0 Å². The van der Waals surface area contributed by atoms with E-state index in [9.17, 15) is 17.6 Å². The van der Waals surface area contributed by atoms with Gasteiger partial charge in [-0.25, -0.2) is 12.8 Å². The summed E-state index contributed by atoms with van der Waals surface area (Å²) in [6, 6.07) is 17.1. The third kappa shape index (κ3) is 4.11. The Hall–Kier alpha value is -3.59. The summed E-state index contributed by atoms with van der Waals surface area (Å²) in [4.78, 5) is 12.8. The van der Waals surface area contributed by atoms with Crippen LogP contribution in [0, 0.1) is 5.82 Å². The molecule has 3 aromatic rings. The van der Waals surface area contributed by atoms with Crippen molar-refractivity contribution in [2.24, 2.45) is 0 Å². The third-order valence-electron chi connectivity index (χ3n) is 5.63. The Morgan fingerprint density at radius 3 is 2.58 bits per heavy atom. The zero-order valence-electron chi connectivity index (χ0n) is 17.5. The number of aryl methyl sites for hydroxylation is 1. The van der Waals surface area contributed by atoms with Crippen LogP contribution in [0.15, 0.2) is 71.6 Å². The number of ether oxygens (including phenoxy) is 2. The zero-order chi connectivity index (χ0) is 23.0. The lowest BCUT2D eigenvalue weighted by atomic mass is 10.0. The average molecular weight is 469 g/mol. The van der Waals surface area contributed by atoms with E-state index in [-0.39, 0.29) is 11.5 Å². The molecular formula is C24H21FN2O5S. The lowest BCUT2D eigenvalue weighted by Crippen LogP contribution is -2.40. The Labute approximate surface area is 190 Å². The van der Waals surface area contributed by atoms with Gasteiger partial charge in [-0.2, -0.15) is 0 Å². The van der Waals surface area contributed by atoms with Crippen LogP contribution < -0.4 is 19.1 Å². The van der Waals surface area contributed by atoms with Gasteiger partial charge >= 0.3 is 0 Å². The van der Waals surface area contributed by atoms with Crippen LogP contribution in [0.25, 0.3) is 0 Å². The minimum absolute atomic E-state index is 0.0117. The number of sulfonamides is 1. The van der Waals surface area contributed by atoms with Gasteiger partial charge in [0, 0.05) is 12.2 Å². The molecule has 0 aliphatic carbocycles. The summed E-state index contributed by atoms with van der Waals surface area (Å²) in [6.45, 7) is 0.360. The van der Waals surface area contributed by atoms with Crippen LogP contribution in [-0.2, 0) is 21.2 Å². The van der Waals surface area contributed by atoms with E-state index in [1.807, 2.05) is 12.1 Å². The van der Waals surface area contributed by atoms with Gasteiger partial charge in [0.1, 0.15) is 12.4 Å². The highest BCUT2D eigenvalue weighted by molar-refractivity contribution is 7.92. The second-order valence-electron chi connectivity index (χ2n) is 7.83. The maximum atomic E-state index is 13.3. The summed E-state index contributed by atoms with van der Waals surface area (Å²) >= 11 is 0. The van der Waals surface area contributed by atoms with Crippen molar-refractivity contribution >= 4 is 27.3 Å². The monoisotopic (exact) mass is 468 g/mol. The molecule has 9 heteroatoms. The predicted octanol–water partition coefficient (Wildman–Crippen LogP) is 3.75. The van der Waals surface area contributed by atoms with E-state index in [4.69, 9.17) is 9.47 Å². The smallest absolute Gasteiger partial charge is 0.269 e. The maximum absolute atomic E-state index is 13.3. The van der Waals surface area contributed by atoms with E-state index in [0.29, 0.717) is 35.8 Å². The second kappa shape index (κ2) is 8.40. The van der Waals surface area contributed by atoms with Crippen LogP contribution in [0.5, 0.6) is 11.5 Å². The number of halogens is 1. The van der Waals surface area contributed by atoms with Gasteiger partial charge < -0.3 is 14.8 Å². The number of hydrogen-bond donors (Lipinski definition) is 1. The summed E-state index contributed by atoms with van der Waals surface area (Å²) in [6.07, 6.45) is 0.538. The van der Waals surface area contributed by atoms with Crippen LogP contribution in [0.4, 0.5) is 15.8 Å². The second-order valence-corrected chi connectivity index (χ2v) is 9.69. The molecule has 170 valence electrons. The summed E-state index contributed by atoms with van der Waals surface area (Å²) in [5.74, 6) is 0.172. The first-order valence-corrected chi connectivity index (χ1v) is 12.0. The Bertz CT molecular complexity index is 1310. The number of carbonyl (C=O) groups is 1. The SMILES string of the molecule is O=C(Nc1ccc2c(c1)N(S(=O)(=O)c1ccc(F)cc1)CCC2)[C@H]1COc2ccccc2O1. The van der Waals surface area contributed by atoms with Crippen molar-refractivity contribution in [3.63, 3.8) is 0 Å². The minimum atomic E-state index is -3.88. The Balaban J connectivity index is 1.38. The molecule has 1 atom stereocenters. The number of nitrogens with zero attached hydrogens (tertiary/aromatic N) is 1. The molecule has 3 aromatic carbocycles. The Morgan fingerprint density at radius 1 is 1.03 bits per heavy atom. The van der Waals surface area contributed by atoms with Crippen LogP contribution >= 0.6 is 0 Å². The van der Waals surface area contributed by atoms with Crippen molar-refractivity contribution in [2.75, 3.05) is 22.8 Å². The van der Waals surface area contributed by atoms with Crippen LogP contribution in [0.3, 0.4) is 0 Å². The van der Waals surface area contributed by atoms with E-state index in [1.54, 1.807) is 30.3 Å². The molecule has 1 N–H and O–H groups in total. The van der Waals surface area contributed by atoms with Gasteiger partial charge in [0.05, 0.1) is 10.6 Å². The molecule has 7 nitrogen and oxygen atoms in total. The molecule has 1 amide bonds. The molecule has 2 heterocycles. The number of carbonyl (C=O) groups excluding carboxylic acids is 1. The van der Waals surface area contributed by atoms with Crippen molar-refractivity contribution in [1.82, 2.24) is 0 Å². The number of amides is 1. The van der Waals surface area contributed by atoms with Crippen molar-refractivity contribution in [3.05, 3.63) is 78.1 Å². The van der Waals surface area contributed by atoms with Crippen LogP contribution in [-0.4, -0.2) is 33.6 Å². The van der Waals surface area contributed by atoms with Gasteiger partial charge in [-0.05, 0) is 66.9 Å². The van der Waals surface area contributed by atoms with Gasteiger partial charge in [-0.1, -0.05) is 18.2 Å². The Morgan fingerprint density at radius 2 is 1.79 bits per heavy atom. The summed E-state index contributed by atoms with van der Waals surface area (Å²) in [5.41, 5.74) is 1.80. The van der Waals surface area contributed by atoms with Crippen molar-refractivity contribution < 1.29 is 27.1 Å². The van der Waals surface area contributed by atoms with Crippen molar-refractivity contribution in [2.45, 2.75) is 23.8 Å². The molecule has 0 unspecified atom stereocenters. The highest BCUT2D eigenvalue weighted by Gasteiger charge is 2.31. The fourth-order valence-corrected chi connectivity index (χ4v) is 5.51. The number of rotatable bonds is 4. The third-order valence-corrected chi connectivity index (χ3v) is 7.46. The normalized spacial score (nSPS) is 17.2. The van der Waals surface area contributed by atoms with Crippen molar-refractivity contribution in [1.29, 1.82) is 0 Å². The molecule has 0 saturated carbocycles. The number of nitrogens with one attached hydrogen (secondary N) is 1. The first-order chi connectivity index (χ1) is 15.9. The molecule has 5 rings (SSSR count). The highest BCUT2D eigenvalue weighted by atomic mass is 32.2. The molecule has 2 aliphatic rings. The van der Waals surface area contributed by atoms with E-state index in [0.717, 1.165) is 24.1 Å². The van der Waals surface area contributed by atoms with E-state index >= 15 is 0 Å². The molecular weight excluding hydrogens is 447 g/mol. The fourth-order valence-electron chi connectivity index (χ4n) is 3.97. The number of para-hydroxylation sites is 2. The molecule has 0 saturated heterocycles. The Kier molecular flexibility index (Phi) is 5.41. The summed E-state index contributed by atoms with van der Waals surface area (Å²) in [7, 11) is -3.88. The molecule has 0 bridgehead atoms. The highest BCUT2D eigenvalue weighted by Crippen LogP contribution is 2.35. The van der Waals surface area contributed by atoms with Gasteiger partial charge in [0.2, 0.25) is 6.10 Å². The number of benzene rings is 3. The predicted molar refractivity (Wildman–Crippen MR) is 121 cm³/mol. The van der Waals surface area contributed by atoms with Crippen LogP contribution in [0.2, 0.25) is 0 Å². The van der Waals surface area contributed by atoms with Gasteiger partial charge in [-0.15, -0.1) is 0 Å².